The van der Waals surface area contributed by atoms with Gasteiger partial charge in [-0.3, -0.25) is 0 Å². The van der Waals surface area contributed by atoms with Gasteiger partial charge in [0.1, 0.15) is 138 Å². The second-order valence-corrected chi connectivity index (χ2v) is 27.2. The Labute approximate surface area is 689 Å². The molecule has 8 heterocycles. The number of nitrogen functional groups attached to an aromatic ring is 4. The lowest BCUT2D eigenvalue weighted by Crippen LogP contribution is -2.02. The summed E-state index contributed by atoms with van der Waals surface area (Å²) >= 11 is 0. The van der Waals surface area contributed by atoms with Crippen LogP contribution >= 0.6 is 0 Å². The van der Waals surface area contributed by atoms with E-state index in [0.29, 0.717) is 132 Å². The number of benzene rings is 4. The van der Waals surface area contributed by atoms with E-state index in [1.54, 1.807) is 143 Å². The van der Waals surface area contributed by atoms with Crippen LogP contribution in [0.15, 0.2) is 135 Å². The molecule has 13 N–H and O–H groups in total. The normalized spacial score (nSPS) is 10.4. The second-order valence-electron chi connectivity index (χ2n) is 27.2. The van der Waals surface area contributed by atoms with Crippen molar-refractivity contribution >= 4 is 23.3 Å². The summed E-state index contributed by atoms with van der Waals surface area (Å²) in [6.07, 6.45) is 13.0. The molecule has 4 aromatic carbocycles. The van der Waals surface area contributed by atoms with Crippen LogP contribution < -0.4 is 65.6 Å². The largest absolute Gasteiger partial charge is 0.508 e. The van der Waals surface area contributed by atoms with E-state index < -0.39 is 0 Å². The highest BCUT2D eigenvalue weighted by atomic mass is 16.5. The SMILES string of the molecule is COc1cc(OC)c(C#Cc2cc(Oc3cnc(C)nc3N)c(C(C)C)cn2)c(OC)c1.COc1ccc(C#Cc2cc(Oc3cnc(C)nc3N)c(C(C)C)cn2)c(OC)c1.Cc1ncc(Oc2cc(C#Cc3c(O)cc(O)cc3O)ncc2C(C)C)c(N)n1.Cc1ncc(Oc2cc(C#Cc3ccc(O)cc3O)ncc2C(C)C)c(N)n1. The maximum absolute atomic E-state index is 9.87. The van der Waals surface area contributed by atoms with Crippen LogP contribution in [-0.2, 0) is 0 Å². The minimum atomic E-state index is -0.338. The van der Waals surface area contributed by atoms with Gasteiger partial charge < -0.3 is 91.1 Å². The summed E-state index contributed by atoms with van der Waals surface area (Å²) in [6, 6.07) is 22.2. The van der Waals surface area contributed by atoms with Crippen molar-refractivity contribution in [3.05, 3.63) is 225 Å². The van der Waals surface area contributed by atoms with Crippen molar-refractivity contribution in [1.82, 2.24) is 59.8 Å². The van der Waals surface area contributed by atoms with Gasteiger partial charge in [0.15, 0.2) is 46.3 Å². The summed E-state index contributed by atoms with van der Waals surface area (Å²) in [7, 11) is 7.90. The number of ether oxygens (including phenoxy) is 9. The predicted octanol–water partition coefficient (Wildman–Crippen LogP) is 14.9. The molecule has 0 fully saturated rings. The van der Waals surface area contributed by atoms with Gasteiger partial charge >= 0.3 is 0 Å². The number of aromatic nitrogens is 12. The summed E-state index contributed by atoms with van der Waals surface area (Å²) in [6.45, 7) is 23.3. The topological polar surface area (TPSA) is 443 Å². The third-order valence-electron chi connectivity index (χ3n) is 17.0. The van der Waals surface area contributed by atoms with Crippen LogP contribution in [-0.4, -0.2) is 121 Å². The number of nitrogens with zero attached hydrogens (tertiary/aromatic N) is 12. The van der Waals surface area contributed by atoms with Crippen LogP contribution in [0, 0.1) is 75.1 Å². The summed E-state index contributed by atoms with van der Waals surface area (Å²) in [4.78, 5) is 50.6. The third kappa shape index (κ3) is 23.8. The minimum Gasteiger partial charge on any atom is -0.508 e. The number of pyridine rings is 4. The van der Waals surface area contributed by atoms with Crippen LogP contribution in [0.3, 0.4) is 0 Å². The van der Waals surface area contributed by atoms with Crippen LogP contribution in [0.5, 0.6) is 103 Å². The molecule has 0 radical (unpaired) electrons. The fourth-order valence-corrected chi connectivity index (χ4v) is 10.7. The first kappa shape index (κ1) is 87.4. The number of aromatic hydroxyl groups is 5. The molecule has 0 saturated heterocycles. The van der Waals surface area contributed by atoms with Crippen molar-refractivity contribution in [3.63, 3.8) is 0 Å². The van der Waals surface area contributed by atoms with Crippen LogP contribution in [0.25, 0.3) is 0 Å². The third-order valence-corrected chi connectivity index (χ3v) is 17.0. The van der Waals surface area contributed by atoms with E-state index in [1.807, 2.05) is 39.8 Å². The van der Waals surface area contributed by atoms with E-state index in [1.165, 1.54) is 30.6 Å². The molecule has 0 bridgehead atoms. The molecule has 0 unspecified atom stereocenters. The first-order valence-electron chi connectivity index (χ1n) is 36.8. The van der Waals surface area contributed by atoms with E-state index in [0.717, 1.165) is 39.9 Å². The molecule has 0 amide bonds. The van der Waals surface area contributed by atoms with Crippen molar-refractivity contribution in [2.45, 2.75) is 107 Å². The molecule has 12 rings (SSSR count). The molecule has 0 spiro atoms. The number of phenolic OH excluding ortho intramolecular Hbond substituents is 5. The quantitative estimate of drug-likeness (QED) is 0.0382. The highest BCUT2D eigenvalue weighted by Crippen LogP contribution is 2.40. The Kier molecular flexibility index (Phi) is 29.7. The Morgan fingerprint density at radius 1 is 0.277 bits per heavy atom. The molecular formula is C89H90N16O14. The molecule has 0 atom stereocenters. The molecule has 0 aliphatic heterocycles. The molecule has 12 aromatic rings. The van der Waals surface area contributed by atoms with Crippen molar-refractivity contribution in [3.8, 4) is 151 Å². The molecular weight excluding hydrogens is 1520 g/mol. The van der Waals surface area contributed by atoms with Crippen molar-refractivity contribution in [2.24, 2.45) is 0 Å². The Morgan fingerprint density at radius 2 is 0.580 bits per heavy atom. The minimum absolute atomic E-state index is 0.0174. The lowest BCUT2D eigenvalue weighted by atomic mass is 10.0. The highest BCUT2D eigenvalue weighted by Gasteiger charge is 2.20. The first-order chi connectivity index (χ1) is 56.8. The second kappa shape index (κ2) is 40.4. The highest BCUT2D eigenvalue weighted by molar-refractivity contribution is 5.63. The number of hydrogen-bond acceptors (Lipinski definition) is 30. The number of nitrogens with two attached hydrogens (primary N) is 4. The maximum atomic E-state index is 9.87. The number of methoxy groups -OCH3 is 5. The Balaban J connectivity index is 0.000000181. The number of phenols is 5. The van der Waals surface area contributed by atoms with Crippen molar-refractivity contribution < 1.29 is 68.2 Å². The summed E-state index contributed by atoms with van der Waals surface area (Å²) in [5, 5.41) is 48.3. The van der Waals surface area contributed by atoms with E-state index in [-0.39, 0.29) is 81.3 Å². The van der Waals surface area contributed by atoms with E-state index in [2.05, 4.69) is 135 Å². The monoisotopic (exact) mass is 1610 g/mol. The maximum Gasteiger partial charge on any atom is 0.187 e. The van der Waals surface area contributed by atoms with Crippen molar-refractivity contribution in [2.75, 3.05) is 58.5 Å². The molecule has 119 heavy (non-hydrogen) atoms. The molecule has 0 aliphatic rings. The van der Waals surface area contributed by atoms with Crippen LogP contribution in [0.4, 0.5) is 23.3 Å². The fourth-order valence-electron chi connectivity index (χ4n) is 10.7. The van der Waals surface area contributed by atoms with Gasteiger partial charge in [-0.05, 0) is 99.3 Å². The Bertz CT molecular complexity index is 5910. The van der Waals surface area contributed by atoms with E-state index in [4.69, 9.17) is 65.6 Å². The zero-order chi connectivity index (χ0) is 86.3. The molecule has 0 saturated carbocycles. The van der Waals surface area contributed by atoms with Crippen LogP contribution in [0.2, 0.25) is 0 Å². The zero-order valence-electron chi connectivity index (χ0n) is 68.6. The molecule has 8 aromatic heterocycles. The van der Waals surface area contributed by atoms with E-state index >= 15 is 0 Å². The standard InChI is InChI=1S/C24H26N4O4.C23H24N4O3.C21H20N4O4.C21H20N4O3/c1-14(2)19-12-27-16(9-22(19)32-23-13-26-15(3)28-24(23)25)7-8-18-20(30-5)10-17(29-4)11-21(18)31-6;1-14(2)19-12-26-17(8-6-16-7-9-18(28-4)11-20(16)29-5)10-21(19)30-22-13-25-15(3)27-23(22)24;1-11(2)16-9-24-13(4-5-15-17(27)7-14(26)8-18(15)28)6-19(16)29-20-10-23-12(3)25-21(20)22;1-12(2)17-10-24-15(6-4-14-5-7-16(26)9-18(14)27)8-19(17)28-20-11-23-13(3)25-21(20)22/h9-14H,1-6H3,(H2,25,26,28);7,9-14H,1-5H3,(H2,24,25,27);6-11,26-28H,1-3H3,(H2,22,23,25);5,7-12,26-27H,1-3H3,(H2,22,23,25). The average Bonchev–Trinajstić information content (AvgIpc) is 0.821. The summed E-state index contributed by atoms with van der Waals surface area (Å²) in [5.74, 6) is 33.0. The smallest absolute Gasteiger partial charge is 0.187 e. The molecule has 610 valence electrons. The van der Waals surface area contributed by atoms with Gasteiger partial charge in [0, 0.05) is 108 Å². The number of rotatable bonds is 17. The first-order valence-corrected chi connectivity index (χ1v) is 36.8. The molecule has 30 nitrogen and oxygen atoms in total. The average molecular weight is 1610 g/mol. The molecule has 0 aliphatic carbocycles. The van der Waals surface area contributed by atoms with E-state index in [9.17, 15) is 25.5 Å². The molecule has 30 heteroatoms. The summed E-state index contributed by atoms with van der Waals surface area (Å²) < 4.78 is 50.8. The Morgan fingerprint density at radius 3 is 0.891 bits per heavy atom. The number of aryl methyl sites for hydroxylation is 4. The fraction of sp³-hybridized carbons (Fsp3) is 0.236. The number of anilines is 4. The zero-order valence-corrected chi connectivity index (χ0v) is 68.6. The van der Waals surface area contributed by atoms with Gasteiger partial charge in [0.05, 0.1) is 71.5 Å². The van der Waals surface area contributed by atoms with Gasteiger partial charge in [0.2, 0.25) is 0 Å². The van der Waals surface area contributed by atoms with Gasteiger partial charge in [-0.15, -0.1) is 0 Å². The predicted molar refractivity (Wildman–Crippen MR) is 449 cm³/mol. The van der Waals surface area contributed by atoms with Gasteiger partial charge in [-0.25, -0.2) is 59.8 Å². The van der Waals surface area contributed by atoms with Crippen LogP contribution in [0.1, 0.15) is 170 Å². The van der Waals surface area contributed by atoms with Gasteiger partial charge in [-0.1, -0.05) is 79.1 Å². The lowest BCUT2D eigenvalue weighted by Gasteiger charge is -2.14. The van der Waals surface area contributed by atoms with Gasteiger partial charge in [-0.2, -0.15) is 0 Å². The number of hydrogen-bond donors (Lipinski definition) is 9. The van der Waals surface area contributed by atoms with Crippen molar-refractivity contribution in [1.29, 1.82) is 0 Å². The van der Waals surface area contributed by atoms with Gasteiger partial charge in [0.25, 0.3) is 0 Å². The lowest BCUT2D eigenvalue weighted by molar-refractivity contribution is 0.374. The Hall–Kier alpha value is -15.6. The summed E-state index contributed by atoms with van der Waals surface area (Å²) in [5.41, 5.74) is 30.9.